The molecule has 0 saturated heterocycles. The van der Waals surface area contributed by atoms with E-state index in [0.717, 1.165) is 5.56 Å². The predicted octanol–water partition coefficient (Wildman–Crippen LogP) is 2.27. The normalized spacial score (nSPS) is 13.4. The van der Waals surface area contributed by atoms with Gasteiger partial charge in [-0.3, -0.25) is 5.32 Å². The molecule has 2 rings (SSSR count). The number of nitrogens with one attached hydrogen (secondary N) is 1. The number of azide groups is 1. The van der Waals surface area contributed by atoms with Crippen molar-refractivity contribution >= 4 is 0 Å². The van der Waals surface area contributed by atoms with E-state index in [2.05, 4.69) is 21.4 Å². The highest BCUT2D eigenvalue weighted by molar-refractivity contribution is 5.46. The van der Waals surface area contributed by atoms with Gasteiger partial charge in [0.1, 0.15) is 6.04 Å². The van der Waals surface area contributed by atoms with Crippen LogP contribution in [0.15, 0.2) is 23.3 Å². The molecule has 0 spiro atoms. The molecule has 0 radical (unpaired) electrons. The molecule has 1 N–H and O–H groups in total. The van der Waals surface area contributed by atoms with E-state index in [4.69, 9.17) is 20.3 Å². The molecule has 1 aromatic carbocycles. The first-order valence-electron chi connectivity index (χ1n) is 5.88. The van der Waals surface area contributed by atoms with Crippen LogP contribution in [0.4, 0.5) is 0 Å². The second kappa shape index (κ2) is 6.50. The maximum absolute atomic E-state index is 9.16. The summed E-state index contributed by atoms with van der Waals surface area (Å²) in [6.45, 7) is 1.24. The van der Waals surface area contributed by atoms with E-state index < -0.39 is 6.04 Å². The molecule has 0 fully saturated rings. The number of hydrogen-bond acceptors (Lipinski definition) is 5. The largest absolute Gasteiger partial charge is 0.454 e. The molecule has 98 valence electrons. The Kier molecular flexibility index (Phi) is 4.45. The summed E-state index contributed by atoms with van der Waals surface area (Å²) in [5.74, 6) is 1.36. The molecule has 1 atom stereocenters. The maximum Gasteiger partial charge on any atom is 0.231 e. The number of benzene rings is 1. The summed E-state index contributed by atoms with van der Waals surface area (Å²) in [7, 11) is 0. The van der Waals surface area contributed by atoms with Crippen LogP contribution in [0.5, 0.6) is 11.5 Å². The molecule has 0 bridgehead atoms. The van der Waals surface area contributed by atoms with Crippen LogP contribution in [0.2, 0.25) is 0 Å². The lowest BCUT2D eigenvalue weighted by Crippen LogP contribution is -2.21. The van der Waals surface area contributed by atoms with Crippen molar-refractivity contribution in [2.45, 2.75) is 12.5 Å². The van der Waals surface area contributed by atoms with Gasteiger partial charge >= 0.3 is 0 Å². The van der Waals surface area contributed by atoms with Gasteiger partial charge in [0.2, 0.25) is 6.79 Å². The Bertz CT molecular complexity index is 533. The molecule has 0 aromatic heterocycles. The second-order valence-corrected chi connectivity index (χ2v) is 3.94. The molecule has 1 aromatic rings. The van der Waals surface area contributed by atoms with Crippen LogP contribution in [0, 0.1) is 11.3 Å². The molecule has 1 unspecified atom stereocenters. The fourth-order valence-corrected chi connectivity index (χ4v) is 1.77. The molecule has 1 aliphatic rings. The lowest BCUT2D eigenvalue weighted by molar-refractivity contribution is 0.174. The Morgan fingerprint density at radius 3 is 3.11 bits per heavy atom. The van der Waals surface area contributed by atoms with Crippen LogP contribution in [0.1, 0.15) is 18.0 Å². The van der Waals surface area contributed by atoms with E-state index in [0.29, 0.717) is 31.0 Å². The number of rotatable bonds is 6. The molecule has 0 amide bonds. The molecular weight excluding hydrogens is 246 g/mol. The van der Waals surface area contributed by atoms with Crippen molar-refractivity contribution in [1.82, 2.24) is 5.32 Å². The Morgan fingerprint density at radius 1 is 1.47 bits per heavy atom. The van der Waals surface area contributed by atoms with Crippen LogP contribution >= 0.6 is 0 Å². The van der Waals surface area contributed by atoms with Crippen molar-refractivity contribution in [2.75, 3.05) is 19.9 Å². The number of hydrogen-bond donors (Lipinski definition) is 1. The van der Waals surface area contributed by atoms with Crippen molar-refractivity contribution in [3.8, 4) is 17.6 Å². The average molecular weight is 259 g/mol. The predicted molar refractivity (Wildman–Crippen MR) is 67.6 cm³/mol. The summed E-state index contributed by atoms with van der Waals surface area (Å²) in [6, 6.07) is 7.21. The van der Waals surface area contributed by atoms with E-state index in [-0.39, 0.29) is 6.79 Å². The van der Waals surface area contributed by atoms with Crippen molar-refractivity contribution in [3.05, 3.63) is 34.2 Å². The van der Waals surface area contributed by atoms with Gasteiger partial charge in [0, 0.05) is 11.5 Å². The molecule has 1 heterocycles. The fraction of sp³-hybridized carbons (Fsp3) is 0.417. The number of nitrogens with zero attached hydrogens (tertiary/aromatic N) is 4. The quantitative estimate of drug-likeness (QED) is 0.366. The maximum atomic E-state index is 9.16. The second-order valence-electron chi connectivity index (χ2n) is 3.94. The molecule has 0 aliphatic carbocycles. The van der Waals surface area contributed by atoms with E-state index in [9.17, 15) is 0 Å². The average Bonchev–Trinajstić information content (AvgIpc) is 2.90. The van der Waals surface area contributed by atoms with Gasteiger partial charge in [-0.1, -0.05) is 11.2 Å². The summed E-state index contributed by atoms with van der Waals surface area (Å²) < 4.78 is 10.5. The fourth-order valence-electron chi connectivity index (χ4n) is 1.77. The van der Waals surface area contributed by atoms with E-state index in [1.807, 2.05) is 6.07 Å². The highest BCUT2D eigenvalue weighted by atomic mass is 16.7. The molecule has 7 nitrogen and oxygen atoms in total. The summed E-state index contributed by atoms with van der Waals surface area (Å²) in [5, 5.41) is 15.7. The highest BCUT2D eigenvalue weighted by Crippen LogP contribution is 2.34. The van der Waals surface area contributed by atoms with Gasteiger partial charge in [-0.05, 0) is 36.2 Å². The van der Waals surface area contributed by atoms with Gasteiger partial charge < -0.3 is 9.47 Å². The van der Waals surface area contributed by atoms with Gasteiger partial charge in [0.05, 0.1) is 6.07 Å². The van der Waals surface area contributed by atoms with Crippen LogP contribution in [-0.2, 0) is 0 Å². The lowest BCUT2D eigenvalue weighted by Gasteiger charge is -2.11. The van der Waals surface area contributed by atoms with Crippen molar-refractivity contribution in [2.24, 2.45) is 5.11 Å². The van der Waals surface area contributed by atoms with Gasteiger partial charge in [-0.2, -0.15) is 5.26 Å². The first-order chi connectivity index (χ1) is 9.35. The minimum absolute atomic E-state index is 0.218. The third-order valence-corrected chi connectivity index (χ3v) is 2.71. The summed E-state index contributed by atoms with van der Waals surface area (Å²) in [5.41, 5.74) is 8.98. The summed E-state index contributed by atoms with van der Waals surface area (Å²) >= 11 is 0. The molecule has 1 aliphatic heterocycles. The monoisotopic (exact) mass is 259 g/mol. The third kappa shape index (κ3) is 3.28. The minimum atomic E-state index is -0.416. The van der Waals surface area contributed by atoms with Gasteiger partial charge in [-0.15, -0.1) is 0 Å². The van der Waals surface area contributed by atoms with Crippen LogP contribution in [0.3, 0.4) is 0 Å². The summed E-state index contributed by atoms with van der Waals surface area (Å²) in [4.78, 5) is 2.67. The van der Waals surface area contributed by atoms with Crippen molar-refractivity contribution in [1.29, 1.82) is 5.26 Å². The zero-order valence-corrected chi connectivity index (χ0v) is 10.2. The first-order valence-corrected chi connectivity index (χ1v) is 5.88. The first kappa shape index (κ1) is 13.0. The number of nitriles is 1. The van der Waals surface area contributed by atoms with Crippen LogP contribution < -0.4 is 14.8 Å². The van der Waals surface area contributed by atoms with Crippen molar-refractivity contribution in [3.63, 3.8) is 0 Å². The molecule has 0 saturated carbocycles. The zero-order chi connectivity index (χ0) is 13.5. The van der Waals surface area contributed by atoms with E-state index >= 15 is 0 Å². The van der Waals surface area contributed by atoms with Crippen LogP contribution in [-0.4, -0.2) is 19.9 Å². The molecule has 19 heavy (non-hydrogen) atoms. The Morgan fingerprint density at radius 2 is 2.32 bits per heavy atom. The van der Waals surface area contributed by atoms with Gasteiger partial charge in [0.15, 0.2) is 11.5 Å². The molecule has 7 heteroatoms. The number of fused-ring (bicyclic) bond motifs is 1. The minimum Gasteiger partial charge on any atom is -0.454 e. The Labute approximate surface area is 110 Å². The molecular formula is C12H13N5O2. The number of ether oxygens (including phenoxy) is 2. The smallest absolute Gasteiger partial charge is 0.231 e. The topological polar surface area (TPSA) is 103 Å². The highest BCUT2D eigenvalue weighted by Gasteiger charge is 2.17. The van der Waals surface area contributed by atoms with E-state index in [1.165, 1.54) is 0 Å². The summed E-state index contributed by atoms with van der Waals surface area (Å²) in [6.07, 6.45) is 0.687. The van der Waals surface area contributed by atoms with E-state index in [1.54, 1.807) is 12.1 Å². The Balaban J connectivity index is 1.94. The third-order valence-electron chi connectivity index (χ3n) is 2.71. The SMILES string of the molecule is N#CC(NCCCN=[N+]=[N-])c1ccc2c(c1)OCO2. The van der Waals surface area contributed by atoms with Crippen molar-refractivity contribution < 1.29 is 9.47 Å². The van der Waals surface area contributed by atoms with Crippen LogP contribution in [0.25, 0.3) is 10.4 Å². The standard InChI is InChI=1S/C12H13N5O2/c13-7-10(15-4-1-5-16-17-14)9-2-3-11-12(6-9)19-8-18-11/h2-3,6,10,15H,1,4-5,8H2. The Hall–Kier alpha value is -2.42. The van der Waals surface area contributed by atoms with Gasteiger partial charge in [0.25, 0.3) is 0 Å². The lowest BCUT2D eigenvalue weighted by atomic mass is 10.1. The zero-order valence-electron chi connectivity index (χ0n) is 10.2. The van der Waals surface area contributed by atoms with Gasteiger partial charge in [-0.25, -0.2) is 0 Å².